The Labute approximate surface area is 234 Å². The number of nitrogens with one attached hydrogen (secondary N) is 1. The molecule has 3 rings (SSSR count). The van der Waals surface area contributed by atoms with E-state index in [1.807, 2.05) is 38.1 Å². The van der Waals surface area contributed by atoms with E-state index in [1.165, 1.54) is 35.2 Å². The molecule has 0 saturated heterocycles. The first-order valence-corrected chi connectivity index (χ1v) is 14.4. The third-order valence-electron chi connectivity index (χ3n) is 5.98. The van der Waals surface area contributed by atoms with Gasteiger partial charge in [0.1, 0.15) is 12.6 Å². The van der Waals surface area contributed by atoms with Crippen molar-refractivity contribution in [1.29, 1.82) is 0 Å². The fourth-order valence-corrected chi connectivity index (χ4v) is 5.80. The van der Waals surface area contributed by atoms with E-state index in [2.05, 4.69) is 5.32 Å². The van der Waals surface area contributed by atoms with Gasteiger partial charge in [-0.3, -0.25) is 13.9 Å². The summed E-state index contributed by atoms with van der Waals surface area (Å²) < 4.78 is 28.5. The lowest BCUT2D eigenvalue weighted by molar-refractivity contribution is -0.139. The van der Waals surface area contributed by atoms with Crippen molar-refractivity contribution in [2.45, 2.75) is 44.7 Å². The molecule has 7 nitrogen and oxygen atoms in total. The van der Waals surface area contributed by atoms with Crippen molar-refractivity contribution < 1.29 is 18.0 Å². The number of aryl methyl sites for hydroxylation is 1. The summed E-state index contributed by atoms with van der Waals surface area (Å²) in [7, 11) is -4.20. The molecule has 0 aromatic heterocycles. The molecule has 3 aromatic carbocycles. The summed E-state index contributed by atoms with van der Waals surface area (Å²) in [5.41, 5.74) is 1.96. The molecule has 1 atom stereocenters. The molecule has 0 saturated carbocycles. The first-order valence-electron chi connectivity index (χ1n) is 12.2. The Bertz CT molecular complexity index is 1370. The number of anilines is 1. The number of hydrogen-bond acceptors (Lipinski definition) is 4. The molecule has 38 heavy (non-hydrogen) atoms. The van der Waals surface area contributed by atoms with Crippen LogP contribution in [0.2, 0.25) is 10.0 Å². The standard InChI is InChI=1S/C28H31Cl2N3O4S/c1-4-16-31-28(35)21(3)32(18-22-12-10-20(2)11-13-22)27(34)19-33(26-15-14-23(29)17-25(26)30)38(36,37)24-8-6-5-7-9-24/h5-15,17,21H,4,16,18-19H2,1-3H3,(H,31,35)/t21-/m0/s1. The fourth-order valence-electron chi connectivity index (χ4n) is 3.79. The molecular weight excluding hydrogens is 545 g/mol. The summed E-state index contributed by atoms with van der Waals surface area (Å²) in [6.45, 7) is 5.52. The van der Waals surface area contributed by atoms with E-state index in [-0.39, 0.29) is 28.1 Å². The van der Waals surface area contributed by atoms with E-state index in [4.69, 9.17) is 23.2 Å². The highest BCUT2D eigenvalue weighted by molar-refractivity contribution is 7.92. The van der Waals surface area contributed by atoms with Gasteiger partial charge in [-0.25, -0.2) is 8.42 Å². The molecule has 0 radical (unpaired) electrons. The van der Waals surface area contributed by atoms with Crippen LogP contribution in [0.25, 0.3) is 0 Å². The minimum Gasteiger partial charge on any atom is -0.354 e. The molecule has 0 unspecified atom stereocenters. The van der Waals surface area contributed by atoms with Crippen LogP contribution in [-0.2, 0) is 26.2 Å². The van der Waals surface area contributed by atoms with E-state index in [1.54, 1.807) is 25.1 Å². The van der Waals surface area contributed by atoms with Gasteiger partial charge in [0, 0.05) is 18.1 Å². The van der Waals surface area contributed by atoms with Crippen LogP contribution in [0, 0.1) is 6.92 Å². The number of halogens is 2. The van der Waals surface area contributed by atoms with Crippen LogP contribution in [0.3, 0.4) is 0 Å². The average Bonchev–Trinajstić information content (AvgIpc) is 2.90. The molecule has 0 aliphatic rings. The van der Waals surface area contributed by atoms with Crippen LogP contribution >= 0.6 is 23.2 Å². The lowest BCUT2D eigenvalue weighted by Crippen LogP contribution is -2.51. The van der Waals surface area contributed by atoms with E-state index < -0.39 is 28.5 Å². The maximum Gasteiger partial charge on any atom is 0.264 e. The summed E-state index contributed by atoms with van der Waals surface area (Å²) in [6.07, 6.45) is 0.739. The van der Waals surface area contributed by atoms with Gasteiger partial charge in [0.2, 0.25) is 11.8 Å². The van der Waals surface area contributed by atoms with Gasteiger partial charge < -0.3 is 10.2 Å². The van der Waals surface area contributed by atoms with Crippen LogP contribution in [0.4, 0.5) is 5.69 Å². The predicted octanol–water partition coefficient (Wildman–Crippen LogP) is 5.44. The minimum absolute atomic E-state index is 0.00219. The van der Waals surface area contributed by atoms with Gasteiger partial charge in [-0.15, -0.1) is 0 Å². The first kappa shape index (κ1) is 29.5. The van der Waals surface area contributed by atoms with Crippen molar-refractivity contribution in [2.24, 2.45) is 0 Å². The number of sulfonamides is 1. The van der Waals surface area contributed by atoms with E-state index in [0.717, 1.165) is 21.9 Å². The highest BCUT2D eigenvalue weighted by atomic mass is 35.5. The smallest absolute Gasteiger partial charge is 0.264 e. The predicted molar refractivity (Wildman–Crippen MR) is 152 cm³/mol. The zero-order valence-corrected chi connectivity index (χ0v) is 23.9. The number of benzene rings is 3. The molecule has 2 amide bonds. The maximum absolute atomic E-state index is 13.8. The Kier molecular flexibility index (Phi) is 10.2. The number of hydrogen-bond donors (Lipinski definition) is 1. The molecule has 0 aliphatic heterocycles. The lowest BCUT2D eigenvalue weighted by Gasteiger charge is -2.32. The van der Waals surface area contributed by atoms with Gasteiger partial charge in [-0.2, -0.15) is 0 Å². The molecule has 10 heteroatoms. The van der Waals surface area contributed by atoms with Crippen LogP contribution in [-0.4, -0.2) is 44.3 Å². The van der Waals surface area contributed by atoms with Gasteiger partial charge in [0.05, 0.1) is 15.6 Å². The number of rotatable bonds is 11. The van der Waals surface area contributed by atoms with Crippen molar-refractivity contribution in [3.63, 3.8) is 0 Å². The molecule has 202 valence electrons. The summed E-state index contributed by atoms with van der Waals surface area (Å²) in [5, 5.41) is 3.21. The molecule has 0 bridgehead atoms. The minimum atomic E-state index is -4.20. The highest BCUT2D eigenvalue weighted by Crippen LogP contribution is 2.33. The second kappa shape index (κ2) is 13.1. The van der Waals surface area contributed by atoms with Crippen LogP contribution < -0.4 is 9.62 Å². The molecule has 3 aromatic rings. The Morgan fingerprint density at radius 1 is 0.974 bits per heavy atom. The molecule has 1 N–H and O–H groups in total. The van der Waals surface area contributed by atoms with Gasteiger partial charge >= 0.3 is 0 Å². The molecule has 0 spiro atoms. The number of amides is 2. The van der Waals surface area contributed by atoms with Crippen molar-refractivity contribution in [1.82, 2.24) is 10.2 Å². The number of carbonyl (C=O) groups excluding carboxylic acids is 2. The molecule has 0 heterocycles. The summed E-state index contributed by atoms with van der Waals surface area (Å²) in [6, 6.07) is 18.9. The Morgan fingerprint density at radius 2 is 1.63 bits per heavy atom. The summed E-state index contributed by atoms with van der Waals surface area (Å²) in [4.78, 5) is 28.1. The van der Waals surface area contributed by atoms with Crippen LogP contribution in [0.15, 0.2) is 77.7 Å². The largest absolute Gasteiger partial charge is 0.354 e. The Morgan fingerprint density at radius 3 is 2.24 bits per heavy atom. The Balaban J connectivity index is 2.03. The topological polar surface area (TPSA) is 86.8 Å². The lowest BCUT2D eigenvalue weighted by atomic mass is 10.1. The van der Waals surface area contributed by atoms with Gasteiger partial charge in [-0.05, 0) is 56.2 Å². The third-order valence-corrected chi connectivity index (χ3v) is 8.29. The van der Waals surface area contributed by atoms with E-state index in [0.29, 0.717) is 11.6 Å². The number of nitrogens with zero attached hydrogens (tertiary/aromatic N) is 2. The summed E-state index contributed by atoms with van der Waals surface area (Å²) in [5.74, 6) is -0.885. The van der Waals surface area contributed by atoms with E-state index >= 15 is 0 Å². The van der Waals surface area contributed by atoms with Gasteiger partial charge in [0.25, 0.3) is 10.0 Å². The van der Waals surface area contributed by atoms with Crippen LogP contribution in [0.1, 0.15) is 31.4 Å². The second-order valence-electron chi connectivity index (χ2n) is 8.89. The monoisotopic (exact) mass is 575 g/mol. The van der Waals surface area contributed by atoms with Gasteiger partial charge in [0.15, 0.2) is 0 Å². The van der Waals surface area contributed by atoms with Crippen molar-refractivity contribution in [3.05, 3.63) is 94.0 Å². The van der Waals surface area contributed by atoms with Crippen molar-refractivity contribution in [3.8, 4) is 0 Å². The fraction of sp³-hybridized carbons (Fsp3) is 0.286. The van der Waals surface area contributed by atoms with Gasteiger partial charge in [-0.1, -0.05) is 78.2 Å². The first-order chi connectivity index (χ1) is 18.0. The molecule has 0 fully saturated rings. The second-order valence-corrected chi connectivity index (χ2v) is 11.6. The van der Waals surface area contributed by atoms with E-state index in [9.17, 15) is 18.0 Å². The normalized spacial score (nSPS) is 12.0. The summed E-state index contributed by atoms with van der Waals surface area (Å²) >= 11 is 12.5. The van der Waals surface area contributed by atoms with Crippen molar-refractivity contribution in [2.75, 3.05) is 17.4 Å². The maximum atomic E-state index is 13.8. The van der Waals surface area contributed by atoms with Crippen molar-refractivity contribution >= 4 is 50.7 Å². The number of carbonyl (C=O) groups is 2. The Hall–Kier alpha value is -3.07. The molecular formula is C28H31Cl2N3O4S. The van der Waals surface area contributed by atoms with Crippen LogP contribution in [0.5, 0.6) is 0 Å². The third kappa shape index (κ3) is 7.28. The quantitative estimate of drug-likeness (QED) is 0.330. The highest BCUT2D eigenvalue weighted by Gasteiger charge is 2.33. The molecule has 0 aliphatic carbocycles. The zero-order chi connectivity index (χ0) is 27.9. The SMILES string of the molecule is CCCNC(=O)[C@H](C)N(Cc1ccc(C)cc1)C(=O)CN(c1ccc(Cl)cc1Cl)S(=O)(=O)c1ccccc1. The zero-order valence-electron chi connectivity index (χ0n) is 21.5. The average molecular weight is 577 g/mol.